The van der Waals surface area contributed by atoms with Crippen molar-refractivity contribution in [1.29, 1.82) is 0 Å². The van der Waals surface area contributed by atoms with Crippen LogP contribution in [0, 0.1) is 0 Å². The number of hydrogen-bond donors (Lipinski definition) is 0. The summed E-state index contributed by atoms with van der Waals surface area (Å²) in [5.41, 5.74) is 9.94. The lowest BCUT2D eigenvalue weighted by Crippen LogP contribution is -1.92. The third-order valence-electron chi connectivity index (χ3n) is 10.4. The summed E-state index contributed by atoms with van der Waals surface area (Å²) in [5.74, 6) is 0. The van der Waals surface area contributed by atoms with Gasteiger partial charge in [0.05, 0.1) is 0 Å². The first-order valence-electron chi connectivity index (χ1n) is 17.3. The molecule has 10 aromatic carbocycles. The zero-order valence-corrected chi connectivity index (χ0v) is 27.5. The summed E-state index contributed by atoms with van der Waals surface area (Å²) in [6, 6.07) is 71.5. The van der Waals surface area contributed by atoms with Gasteiger partial charge in [-0.15, -0.1) is 0 Å². The Labute approximate surface area is 291 Å². The second-order valence-corrected chi connectivity index (χ2v) is 13.3. The van der Waals surface area contributed by atoms with E-state index in [0.717, 1.165) is 0 Å². The average Bonchev–Trinajstić information content (AvgIpc) is 3.19. The van der Waals surface area contributed by atoms with E-state index in [1.54, 1.807) is 0 Å². The highest BCUT2D eigenvalue weighted by molar-refractivity contribution is 6.22. The molecule has 0 N–H and O–H groups in total. The molecule has 0 amide bonds. The van der Waals surface area contributed by atoms with Gasteiger partial charge in [0.2, 0.25) is 0 Å². The summed E-state index contributed by atoms with van der Waals surface area (Å²) in [7, 11) is 0. The molecule has 0 saturated carbocycles. The molecule has 0 heterocycles. The van der Waals surface area contributed by atoms with Gasteiger partial charge in [0.1, 0.15) is 0 Å². The summed E-state index contributed by atoms with van der Waals surface area (Å²) in [6.07, 6.45) is 0. The molecular formula is C50H32. The van der Waals surface area contributed by atoms with Crippen molar-refractivity contribution in [3.63, 3.8) is 0 Å². The van der Waals surface area contributed by atoms with E-state index in [4.69, 9.17) is 0 Å². The molecule has 0 unspecified atom stereocenters. The molecule has 50 heavy (non-hydrogen) atoms. The van der Waals surface area contributed by atoms with Gasteiger partial charge >= 0.3 is 0 Å². The highest BCUT2D eigenvalue weighted by Crippen LogP contribution is 2.46. The number of fused-ring (bicyclic) bond motifs is 5. The molecule has 10 aromatic rings. The van der Waals surface area contributed by atoms with E-state index in [1.807, 2.05) is 0 Å². The van der Waals surface area contributed by atoms with Crippen LogP contribution in [0.25, 0.3) is 98.4 Å². The molecule has 0 atom stereocenters. The lowest BCUT2D eigenvalue weighted by atomic mass is 9.84. The molecule has 10 rings (SSSR count). The van der Waals surface area contributed by atoms with Gasteiger partial charge in [0.25, 0.3) is 0 Å². The Bertz CT molecular complexity index is 2900. The van der Waals surface area contributed by atoms with Crippen LogP contribution in [0.5, 0.6) is 0 Å². The van der Waals surface area contributed by atoms with E-state index in [1.165, 1.54) is 98.4 Å². The Morgan fingerprint density at radius 1 is 0.200 bits per heavy atom. The van der Waals surface area contributed by atoms with E-state index in [9.17, 15) is 0 Å². The molecule has 0 aliphatic rings. The quantitative estimate of drug-likeness (QED) is 0.169. The monoisotopic (exact) mass is 632 g/mol. The van der Waals surface area contributed by atoms with Crippen molar-refractivity contribution in [3.8, 4) is 44.5 Å². The molecule has 0 bridgehead atoms. The van der Waals surface area contributed by atoms with Crippen LogP contribution in [0.4, 0.5) is 0 Å². The van der Waals surface area contributed by atoms with E-state index < -0.39 is 0 Å². The van der Waals surface area contributed by atoms with Crippen LogP contribution in [0.2, 0.25) is 0 Å². The van der Waals surface area contributed by atoms with Crippen LogP contribution in [0.3, 0.4) is 0 Å². The second-order valence-electron chi connectivity index (χ2n) is 13.3. The van der Waals surface area contributed by atoms with Crippen LogP contribution >= 0.6 is 0 Å². The van der Waals surface area contributed by atoms with Crippen LogP contribution in [-0.2, 0) is 0 Å². The number of hydrogen-bond acceptors (Lipinski definition) is 0. The van der Waals surface area contributed by atoms with Crippen molar-refractivity contribution in [3.05, 3.63) is 194 Å². The molecule has 232 valence electrons. The Morgan fingerprint density at radius 2 is 0.660 bits per heavy atom. The van der Waals surface area contributed by atoms with Gasteiger partial charge in [-0.1, -0.05) is 176 Å². The maximum atomic E-state index is 2.43. The van der Waals surface area contributed by atoms with Crippen molar-refractivity contribution in [2.75, 3.05) is 0 Å². The summed E-state index contributed by atoms with van der Waals surface area (Å²) >= 11 is 0. The van der Waals surface area contributed by atoms with Crippen molar-refractivity contribution in [2.45, 2.75) is 0 Å². The van der Waals surface area contributed by atoms with Crippen molar-refractivity contribution in [1.82, 2.24) is 0 Å². The topological polar surface area (TPSA) is 0 Å². The molecular weight excluding hydrogens is 601 g/mol. The summed E-state index contributed by atoms with van der Waals surface area (Å²) in [4.78, 5) is 0. The fourth-order valence-corrected chi connectivity index (χ4v) is 7.99. The zero-order valence-electron chi connectivity index (χ0n) is 27.5. The maximum absolute atomic E-state index is 2.43. The first kappa shape index (κ1) is 28.5. The van der Waals surface area contributed by atoms with Crippen LogP contribution in [0.1, 0.15) is 0 Å². The fraction of sp³-hybridized carbons (Fsp3) is 0. The Balaban J connectivity index is 1.24. The zero-order chi connectivity index (χ0) is 33.0. The molecule has 0 heteroatoms. The Morgan fingerprint density at radius 3 is 1.36 bits per heavy atom. The van der Waals surface area contributed by atoms with Crippen LogP contribution in [-0.4, -0.2) is 0 Å². The minimum absolute atomic E-state index is 1.22. The fourth-order valence-electron chi connectivity index (χ4n) is 7.99. The normalized spacial score (nSPS) is 11.6. The predicted molar refractivity (Wildman–Crippen MR) is 216 cm³/mol. The maximum Gasteiger partial charge on any atom is -0.00261 e. The van der Waals surface area contributed by atoms with Crippen LogP contribution < -0.4 is 0 Å². The van der Waals surface area contributed by atoms with Crippen molar-refractivity contribution >= 4 is 53.9 Å². The Kier molecular flexibility index (Phi) is 6.60. The molecule has 0 fully saturated rings. The SMILES string of the molecule is c1ccc2cc(-c3ccc(-c4c5ccccc5c(-c5ccc6ccccc6c5)c5ccc(-c6cccc7ccccc67)cc45)cc3)ccc2c1. The molecule has 0 aliphatic heterocycles. The minimum Gasteiger partial charge on any atom is -0.0616 e. The highest BCUT2D eigenvalue weighted by Gasteiger charge is 2.18. The number of benzene rings is 10. The molecule has 0 aliphatic carbocycles. The van der Waals surface area contributed by atoms with E-state index in [-0.39, 0.29) is 0 Å². The number of rotatable bonds is 4. The molecule has 0 aromatic heterocycles. The predicted octanol–water partition coefficient (Wildman–Crippen LogP) is 14.1. The lowest BCUT2D eigenvalue weighted by Gasteiger charge is -2.19. The third-order valence-corrected chi connectivity index (χ3v) is 10.4. The van der Waals surface area contributed by atoms with E-state index >= 15 is 0 Å². The minimum atomic E-state index is 1.22. The van der Waals surface area contributed by atoms with E-state index in [0.29, 0.717) is 0 Å². The van der Waals surface area contributed by atoms with Gasteiger partial charge < -0.3 is 0 Å². The first-order valence-corrected chi connectivity index (χ1v) is 17.3. The van der Waals surface area contributed by atoms with Gasteiger partial charge in [-0.05, 0) is 117 Å². The molecule has 0 nitrogen and oxygen atoms in total. The van der Waals surface area contributed by atoms with E-state index in [2.05, 4.69) is 194 Å². The Hall–Kier alpha value is -6.50. The van der Waals surface area contributed by atoms with Gasteiger partial charge in [-0.2, -0.15) is 0 Å². The van der Waals surface area contributed by atoms with Gasteiger partial charge in [0.15, 0.2) is 0 Å². The summed E-state index contributed by atoms with van der Waals surface area (Å²) in [6.45, 7) is 0. The average molecular weight is 633 g/mol. The molecule has 0 saturated heterocycles. The standard InChI is InChI=1S/C50H32/c1-3-13-38-30-40(26-22-33(38)10-1)35-20-24-37(25-21-35)49-45-17-7-8-18-46(45)50(42-27-23-34-11-2-4-14-39(34)31-42)47-29-28-41(32-48(47)49)44-19-9-15-36-12-5-6-16-43(36)44/h1-32H. The first-order chi connectivity index (χ1) is 24.8. The molecule has 0 spiro atoms. The molecule has 0 radical (unpaired) electrons. The smallest absolute Gasteiger partial charge is 0.00261 e. The highest BCUT2D eigenvalue weighted by atomic mass is 14.2. The summed E-state index contributed by atoms with van der Waals surface area (Å²) in [5, 5.41) is 12.6. The van der Waals surface area contributed by atoms with Gasteiger partial charge in [0, 0.05) is 0 Å². The van der Waals surface area contributed by atoms with Crippen molar-refractivity contribution < 1.29 is 0 Å². The largest absolute Gasteiger partial charge is 0.0616 e. The van der Waals surface area contributed by atoms with Crippen LogP contribution in [0.15, 0.2) is 194 Å². The third kappa shape index (κ3) is 4.69. The second kappa shape index (κ2) is 11.6. The summed E-state index contributed by atoms with van der Waals surface area (Å²) < 4.78 is 0. The lowest BCUT2D eigenvalue weighted by molar-refractivity contribution is 1.62. The van der Waals surface area contributed by atoms with Gasteiger partial charge in [-0.25, -0.2) is 0 Å². The van der Waals surface area contributed by atoms with Gasteiger partial charge in [-0.3, -0.25) is 0 Å². The van der Waals surface area contributed by atoms with Crippen molar-refractivity contribution in [2.24, 2.45) is 0 Å².